The number of hydrogen-bond acceptors (Lipinski definition) is 7. The lowest BCUT2D eigenvalue weighted by atomic mass is 10.2. The molecule has 2 aromatic heterocycles. The fourth-order valence-corrected chi connectivity index (χ4v) is 4.35. The van der Waals surface area contributed by atoms with Crippen molar-refractivity contribution in [2.24, 2.45) is 0 Å². The van der Waals surface area contributed by atoms with Gasteiger partial charge in [0, 0.05) is 23.0 Å². The normalized spacial score (nSPS) is 10.7. The Balaban J connectivity index is 1.60. The Morgan fingerprint density at radius 2 is 2.11 bits per heavy atom. The lowest BCUT2D eigenvalue weighted by molar-refractivity contribution is -0.113. The van der Waals surface area contributed by atoms with Crippen molar-refractivity contribution >= 4 is 45.9 Å². The van der Waals surface area contributed by atoms with Crippen LogP contribution >= 0.6 is 34.9 Å². The first-order chi connectivity index (χ1) is 13.2. The van der Waals surface area contributed by atoms with E-state index in [9.17, 15) is 4.79 Å². The molecule has 2 heterocycles. The predicted octanol–water partition coefficient (Wildman–Crippen LogP) is 4.25. The molecule has 0 aliphatic rings. The highest BCUT2D eigenvalue weighted by atomic mass is 32.2. The number of carbonyl (C=O) groups is 1. The molecule has 3 aromatic rings. The molecule has 0 saturated heterocycles. The number of nitrogens with one attached hydrogen (secondary N) is 1. The Morgan fingerprint density at radius 3 is 2.81 bits per heavy atom. The third kappa shape index (κ3) is 5.69. The third-order valence-electron chi connectivity index (χ3n) is 3.51. The van der Waals surface area contributed by atoms with Gasteiger partial charge in [-0.05, 0) is 19.1 Å². The minimum Gasteiger partial charge on any atom is -0.301 e. The number of allylic oxidation sites excluding steroid dienone is 1. The second kappa shape index (κ2) is 9.72. The highest BCUT2D eigenvalue weighted by molar-refractivity contribution is 7.99. The Hall–Kier alpha value is -2.10. The van der Waals surface area contributed by atoms with Crippen molar-refractivity contribution in [1.82, 2.24) is 19.7 Å². The maximum atomic E-state index is 12.1. The van der Waals surface area contributed by atoms with Crippen molar-refractivity contribution in [2.45, 2.75) is 29.3 Å². The fourth-order valence-electron chi connectivity index (χ4n) is 2.20. The summed E-state index contributed by atoms with van der Waals surface area (Å²) in [5.41, 5.74) is 1.24. The molecule has 6 nitrogen and oxygen atoms in total. The molecule has 0 fully saturated rings. The number of thioether (sulfide) groups is 2. The Labute approximate surface area is 170 Å². The van der Waals surface area contributed by atoms with E-state index in [1.165, 1.54) is 33.6 Å². The summed E-state index contributed by atoms with van der Waals surface area (Å²) in [7, 11) is 0. The second-order valence-corrected chi connectivity index (χ2v) is 8.46. The molecular formula is C18H19N5OS3. The van der Waals surface area contributed by atoms with Crippen LogP contribution in [-0.2, 0) is 17.1 Å². The van der Waals surface area contributed by atoms with Crippen LogP contribution in [0.4, 0.5) is 5.13 Å². The van der Waals surface area contributed by atoms with Crippen molar-refractivity contribution in [3.63, 3.8) is 0 Å². The SMILES string of the molecule is C=CCn1c(CSc2ccc(C)cc2)nnc1SCC(=O)Nc1nccs1. The van der Waals surface area contributed by atoms with E-state index in [1.54, 1.807) is 18.0 Å². The monoisotopic (exact) mass is 417 g/mol. The van der Waals surface area contributed by atoms with Gasteiger partial charge in [-0.3, -0.25) is 4.79 Å². The summed E-state index contributed by atoms with van der Waals surface area (Å²) < 4.78 is 2.00. The lowest BCUT2D eigenvalue weighted by Gasteiger charge is -2.08. The number of hydrogen-bond donors (Lipinski definition) is 1. The summed E-state index contributed by atoms with van der Waals surface area (Å²) in [5.74, 6) is 1.71. The van der Waals surface area contributed by atoms with Crippen molar-refractivity contribution in [3.8, 4) is 0 Å². The molecule has 0 bridgehead atoms. The average molecular weight is 418 g/mol. The first kappa shape index (κ1) is 19.7. The zero-order chi connectivity index (χ0) is 19.1. The highest BCUT2D eigenvalue weighted by Gasteiger charge is 2.14. The largest absolute Gasteiger partial charge is 0.301 e. The van der Waals surface area contributed by atoms with Gasteiger partial charge in [-0.15, -0.1) is 39.9 Å². The van der Waals surface area contributed by atoms with E-state index in [2.05, 4.69) is 58.3 Å². The maximum Gasteiger partial charge on any atom is 0.236 e. The highest BCUT2D eigenvalue weighted by Crippen LogP contribution is 2.25. The predicted molar refractivity (Wildman–Crippen MR) is 112 cm³/mol. The van der Waals surface area contributed by atoms with Crippen molar-refractivity contribution in [1.29, 1.82) is 0 Å². The van der Waals surface area contributed by atoms with Crippen LogP contribution in [0, 0.1) is 6.92 Å². The van der Waals surface area contributed by atoms with Crippen molar-refractivity contribution < 1.29 is 4.79 Å². The fraction of sp³-hybridized carbons (Fsp3) is 0.222. The molecule has 0 aliphatic carbocycles. The van der Waals surface area contributed by atoms with Gasteiger partial charge in [-0.1, -0.05) is 35.5 Å². The number of benzene rings is 1. The van der Waals surface area contributed by atoms with Gasteiger partial charge in [0.05, 0.1) is 11.5 Å². The Bertz CT molecular complexity index is 890. The van der Waals surface area contributed by atoms with E-state index >= 15 is 0 Å². The summed E-state index contributed by atoms with van der Waals surface area (Å²) in [6, 6.07) is 8.40. The van der Waals surface area contributed by atoms with Crippen LogP contribution in [-0.4, -0.2) is 31.4 Å². The number of aryl methyl sites for hydroxylation is 1. The van der Waals surface area contributed by atoms with Gasteiger partial charge in [0.2, 0.25) is 5.91 Å². The minimum atomic E-state index is -0.112. The van der Waals surface area contributed by atoms with Gasteiger partial charge >= 0.3 is 0 Å². The molecule has 0 atom stereocenters. The molecule has 0 unspecified atom stereocenters. The van der Waals surface area contributed by atoms with Gasteiger partial charge < -0.3 is 9.88 Å². The van der Waals surface area contributed by atoms with Gasteiger partial charge in [-0.2, -0.15) is 0 Å². The Kier molecular flexibility index (Phi) is 7.08. The number of anilines is 1. The van der Waals surface area contributed by atoms with E-state index in [0.717, 1.165) is 5.82 Å². The van der Waals surface area contributed by atoms with E-state index < -0.39 is 0 Å². The minimum absolute atomic E-state index is 0.112. The van der Waals surface area contributed by atoms with E-state index in [4.69, 9.17) is 0 Å². The number of rotatable bonds is 9. The van der Waals surface area contributed by atoms with Crippen LogP contribution in [0.3, 0.4) is 0 Å². The van der Waals surface area contributed by atoms with Crippen LogP contribution in [0.2, 0.25) is 0 Å². The Morgan fingerprint density at radius 1 is 1.30 bits per heavy atom. The average Bonchev–Trinajstić information content (AvgIpc) is 3.30. The summed E-state index contributed by atoms with van der Waals surface area (Å²) in [6.07, 6.45) is 3.47. The van der Waals surface area contributed by atoms with Crippen LogP contribution < -0.4 is 5.32 Å². The molecule has 0 radical (unpaired) electrons. The van der Waals surface area contributed by atoms with Crippen LogP contribution in [0.25, 0.3) is 0 Å². The molecule has 0 aliphatic heterocycles. The summed E-state index contributed by atoms with van der Waals surface area (Å²) >= 11 is 4.46. The molecule has 27 heavy (non-hydrogen) atoms. The van der Waals surface area contributed by atoms with Crippen LogP contribution in [0.1, 0.15) is 11.4 Å². The third-order valence-corrected chi connectivity index (χ3v) is 6.17. The van der Waals surface area contributed by atoms with Crippen LogP contribution in [0.5, 0.6) is 0 Å². The summed E-state index contributed by atoms with van der Waals surface area (Å²) in [5, 5.41) is 14.5. The molecule has 1 N–H and O–H groups in total. The smallest absolute Gasteiger partial charge is 0.236 e. The molecule has 0 spiro atoms. The lowest BCUT2D eigenvalue weighted by Crippen LogP contribution is -2.14. The standard InChI is InChI=1S/C18H19N5OS3/c1-3-9-23-15(11-26-14-6-4-13(2)5-7-14)21-22-18(23)27-12-16(24)20-17-19-8-10-25-17/h3-8,10H,1,9,11-12H2,2H3,(H,19,20,24). The molecule has 9 heteroatoms. The van der Waals surface area contributed by atoms with E-state index in [1.807, 2.05) is 16.0 Å². The summed E-state index contributed by atoms with van der Waals surface area (Å²) in [4.78, 5) is 17.3. The molecule has 1 amide bonds. The van der Waals surface area contributed by atoms with Gasteiger partial charge in [-0.25, -0.2) is 4.98 Å². The number of nitrogens with zero attached hydrogens (tertiary/aromatic N) is 4. The van der Waals surface area contributed by atoms with E-state index in [0.29, 0.717) is 22.6 Å². The maximum absolute atomic E-state index is 12.1. The first-order valence-electron chi connectivity index (χ1n) is 8.20. The zero-order valence-electron chi connectivity index (χ0n) is 14.8. The summed E-state index contributed by atoms with van der Waals surface area (Å²) in [6.45, 7) is 6.49. The molecule has 0 saturated carbocycles. The van der Waals surface area contributed by atoms with Crippen molar-refractivity contribution in [2.75, 3.05) is 11.1 Å². The zero-order valence-corrected chi connectivity index (χ0v) is 17.2. The second-order valence-electron chi connectivity index (χ2n) is 5.57. The van der Waals surface area contributed by atoms with Gasteiger partial charge in [0.1, 0.15) is 5.82 Å². The van der Waals surface area contributed by atoms with Gasteiger partial charge in [0.15, 0.2) is 10.3 Å². The van der Waals surface area contributed by atoms with Gasteiger partial charge in [0.25, 0.3) is 0 Å². The van der Waals surface area contributed by atoms with Crippen molar-refractivity contribution in [3.05, 3.63) is 59.9 Å². The number of aromatic nitrogens is 4. The number of amides is 1. The molecule has 1 aromatic carbocycles. The molecule has 3 rings (SSSR count). The quantitative estimate of drug-likeness (QED) is 0.414. The molecule has 140 valence electrons. The number of carbonyl (C=O) groups excluding carboxylic acids is 1. The first-order valence-corrected chi connectivity index (χ1v) is 11.1. The number of thiazole rings is 1. The van der Waals surface area contributed by atoms with E-state index in [-0.39, 0.29) is 11.7 Å². The topological polar surface area (TPSA) is 72.7 Å². The molecular weight excluding hydrogens is 398 g/mol. The van der Waals surface area contributed by atoms with Crippen LogP contribution in [0.15, 0.2) is 58.5 Å².